The van der Waals surface area contributed by atoms with Crippen molar-refractivity contribution in [1.82, 2.24) is 19.6 Å². The predicted octanol–water partition coefficient (Wildman–Crippen LogP) is 3.48. The molecule has 29 heavy (non-hydrogen) atoms. The van der Waals surface area contributed by atoms with E-state index in [-0.39, 0.29) is 11.5 Å². The van der Waals surface area contributed by atoms with Crippen LogP contribution in [0.1, 0.15) is 31.1 Å². The number of Topliss-reactive ketones (excluding diaryl/α,β-unsaturated/α-hetero) is 1. The molecule has 4 heterocycles. The summed E-state index contributed by atoms with van der Waals surface area (Å²) in [7, 11) is 0. The smallest absolute Gasteiger partial charge is 0.228 e. The number of rotatable bonds is 3. The van der Waals surface area contributed by atoms with Crippen LogP contribution in [0.3, 0.4) is 0 Å². The van der Waals surface area contributed by atoms with Crippen molar-refractivity contribution in [3.8, 4) is 23.0 Å². The number of ether oxygens (including phenoxy) is 1. The Labute approximate surface area is 165 Å². The van der Waals surface area contributed by atoms with Crippen molar-refractivity contribution >= 4 is 11.4 Å². The van der Waals surface area contributed by atoms with E-state index < -0.39 is 5.92 Å². The molecular formula is C21H16N4O4. The third-order valence-corrected chi connectivity index (χ3v) is 4.95. The Morgan fingerprint density at radius 2 is 2.03 bits per heavy atom. The highest BCUT2D eigenvalue weighted by molar-refractivity contribution is 5.97. The first kappa shape index (κ1) is 17.2. The van der Waals surface area contributed by atoms with Crippen molar-refractivity contribution in [2.45, 2.75) is 19.8 Å². The number of carbonyl (C=O) groups excluding carboxylic acids is 1. The number of hydrogen-bond donors (Lipinski definition) is 1. The van der Waals surface area contributed by atoms with Gasteiger partial charge in [-0.05, 0) is 38.1 Å². The maximum absolute atomic E-state index is 12.5. The highest BCUT2D eigenvalue weighted by atomic mass is 16.5. The minimum atomic E-state index is -0.524. The number of ketones is 1. The molecule has 1 N–H and O–H groups in total. The van der Waals surface area contributed by atoms with Crippen LogP contribution in [0.5, 0.6) is 11.6 Å². The molecule has 1 aromatic carbocycles. The van der Waals surface area contributed by atoms with Gasteiger partial charge in [0.15, 0.2) is 17.3 Å². The lowest BCUT2D eigenvalue weighted by Crippen LogP contribution is -2.21. The van der Waals surface area contributed by atoms with Crippen LogP contribution >= 0.6 is 0 Å². The van der Waals surface area contributed by atoms with Gasteiger partial charge in [0, 0.05) is 5.57 Å². The number of carbonyl (C=O) groups is 1. The van der Waals surface area contributed by atoms with Gasteiger partial charge in [-0.3, -0.25) is 4.79 Å². The van der Waals surface area contributed by atoms with Gasteiger partial charge in [0.05, 0.1) is 23.3 Å². The van der Waals surface area contributed by atoms with Gasteiger partial charge in [-0.15, -0.1) is 5.10 Å². The van der Waals surface area contributed by atoms with Gasteiger partial charge in [-0.1, -0.05) is 12.1 Å². The summed E-state index contributed by atoms with van der Waals surface area (Å²) in [5.41, 5.74) is 2.04. The quantitative estimate of drug-likeness (QED) is 0.573. The standard InChI is InChI=1S/C21H16N4O4/c1-11(26)16-12(2)29-21-18(17(16)15-8-5-9-28-15)20-23-19(24-25(20)10-22-21)13-6-3-4-7-14(13)27/h3-10,17,27H,1-2H3/t17-/m0/s1. The molecule has 0 saturated carbocycles. The monoisotopic (exact) mass is 388 g/mol. The molecule has 0 radical (unpaired) electrons. The molecule has 5 rings (SSSR count). The van der Waals surface area contributed by atoms with E-state index in [1.165, 1.54) is 17.8 Å². The number of para-hydroxylation sites is 1. The van der Waals surface area contributed by atoms with Crippen LogP contribution in [0.25, 0.3) is 17.0 Å². The number of nitrogens with zero attached hydrogens (tertiary/aromatic N) is 4. The summed E-state index contributed by atoms with van der Waals surface area (Å²) in [6.45, 7) is 3.23. The zero-order chi connectivity index (χ0) is 20.1. The molecule has 1 atom stereocenters. The first-order valence-corrected chi connectivity index (χ1v) is 9.01. The minimum absolute atomic E-state index is 0.0734. The molecule has 0 amide bonds. The fourth-order valence-corrected chi connectivity index (χ4v) is 3.71. The highest BCUT2D eigenvalue weighted by Crippen LogP contribution is 2.44. The van der Waals surface area contributed by atoms with E-state index in [0.717, 1.165) is 0 Å². The Balaban J connectivity index is 1.79. The average Bonchev–Trinajstić information content (AvgIpc) is 3.36. The second kappa shape index (κ2) is 6.30. The Morgan fingerprint density at radius 1 is 1.21 bits per heavy atom. The summed E-state index contributed by atoms with van der Waals surface area (Å²) in [4.78, 5) is 21.5. The number of fused-ring (bicyclic) bond motifs is 3. The van der Waals surface area contributed by atoms with Gasteiger partial charge in [-0.2, -0.15) is 0 Å². The lowest BCUT2D eigenvalue weighted by Gasteiger charge is -2.26. The van der Waals surface area contributed by atoms with E-state index in [0.29, 0.717) is 45.6 Å². The number of phenols is 1. The van der Waals surface area contributed by atoms with Crippen LogP contribution < -0.4 is 4.74 Å². The number of aromatic nitrogens is 4. The largest absolute Gasteiger partial charge is 0.507 e. The van der Waals surface area contributed by atoms with E-state index in [9.17, 15) is 9.90 Å². The summed E-state index contributed by atoms with van der Waals surface area (Å²) in [5, 5.41) is 14.6. The molecule has 0 saturated heterocycles. The molecule has 1 aliphatic heterocycles. The fourth-order valence-electron chi connectivity index (χ4n) is 3.71. The molecule has 0 fully saturated rings. The number of hydrogen-bond acceptors (Lipinski definition) is 7. The molecule has 0 spiro atoms. The van der Waals surface area contributed by atoms with Crippen LogP contribution in [0.15, 0.2) is 64.7 Å². The fraction of sp³-hybridized carbons (Fsp3) is 0.143. The van der Waals surface area contributed by atoms with E-state index in [1.54, 1.807) is 49.6 Å². The average molecular weight is 388 g/mol. The number of furan rings is 1. The summed E-state index contributed by atoms with van der Waals surface area (Å²) >= 11 is 0. The van der Waals surface area contributed by atoms with Crippen LogP contribution in [-0.2, 0) is 4.79 Å². The highest BCUT2D eigenvalue weighted by Gasteiger charge is 2.37. The molecule has 0 unspecified atom stereocenters. The van der Waals surface area contributed by atoms with Crippen LogP contribution in [0, 0.1) is 0 Å². The Morgan fingerprint density at radius 3 is 2.76 bits per heavy atom. The predicted molar refractivity (Wildman–Crippen MR) is 102 cm³/mol. The number of allylic oxidation sites excluding steroid dienone is 2. The normalized spacial score (nSPS) is 16.0. The minimum Gasteiger partial charge on any atom is -0.507 e. The number of aromatic hydroxyl groups is 1. The van der Waals surface area contributed by atoms with Crippen molar-refractivity contribution in [2.24, 2.45) is 0 Å². The zero-order valence-corrected chi connectivity index (χ0v) is 15.7. The van der Waals surface area contributed by atoms with Gasteiger partial charge >= 0.3 is 0 Å². The lowest BCUT2D eigenvalue weighted by atomic mass is 9.85. The number of benzene rings is 1. The molecule has 4 aromatic rings. The number of phenolic OH excluding ortho intramolecular Hbond substituents is 1. The van der Waals surface area contributed by atoms with E-state index in [2.05, 4.69) is 15.1 Å². The second-order valence-electron chi connectivity index (χ2n) is 6.76. The maximum atomic E-state index is 12.5. The van der Waals surface area contributed by atoms with Crippen LogP contribution in [0.2, 0.25) is 0 Å². The van der Waals surface area contributed by atoms with Crippen molar-refractivity contribution in [3.63, 3.8) is 0 Å². The summed E-state index contributed by atoms with van der Waals surface area (Å²) in [6, 6.07) is 10.4. The Bertz CT molecular complexity index is 1290. The topological polar surface area (TPSA) is 103 Å². The van der Waals surface area contributed by atoms with Gasteiger partial charge in [0.2, 0.25) is 5.88 Å². The Hall–Kier alpha value is -3.94. The summed E-state index contributed by atoms with van der Waals surface area (Å²) < 4.78 is 13.0. The summed E-state index contributed by atoms with van der Waals surface area (Å²) in [5.74, 6) is 1.17. The Kier molecular flexibility index (Phi) is 3.73. The van der Waals surface area contributed by atoms with Gasteiger partial charge < -0.3 is 14.3 Å². The molecule has 8 nitrogen and oxygen atoms in total. The van der Waals surface area contributed by atoms with Gasteiger partial charge in [0.1, 0.15) is 23.6 Å². The van der Waals surface area contributed by atoms with E-state index >= 15 is 0 Å². The van der Waals surface area contributed by atoms with Crippen molar-refractivity contribution in [1.29, 1.82) is 0 Å². The van der Waals surface area contributed by atoms with E-state index in [1.807, 2.05) is 0 Å². The van der Waals surface area contributed by atoms with Crippen molar-refractivity contribution < 1.29 is 19.1 Å². The van der Waals surface area contributed by atoms with Gasteiger partial charge in [-0.25, -0.2) is 14.5 Å². The molecule has 0 aliphatic carbocycles. The van der Waals surface area contributed by atoms with Crippen LogP contribution in [0.4, 0.5) is 0 Å². The van der Waals surface area contributed by atoms with E-state index in [4.69, 9.17) is 9.15 Å². The first-order valence-electron chi connectivity index (χ1n) is 9.01. The molecule has 0 bridgehead atoms. The van der Waals surface area contributed by atoms with Crippen molar-refractivity contribution in [2.75, 3.05) is 0 Å². The molecule has 1 aliphatic rings. The summed E-state index contributed by atoms with van der Waals surface area (Å²) in [6.07, 6.45) is 3.05. The molecule has 3 aromatic heterocycles. The zero-order valence-electron chi connectivity index (χ0n) is 15.7. The molecule has 144 valence electrons. The second-order valence-corrected chi connectivity index (χ2v) is 6.76. The molecule has 8 heteroatoms. The third-order valence-electron chi connectivity index (χ3n) is 4.95. The lowest BCUT2D eigenvalue weighted by molar-refractivity contribution is -0.114. The first-order chi connectivity index (χ1) is 14.0. The van der Waals surface area contributed by atoms with Crippen molar-refractivity contribution in [3.05, 3.63) is 71.6 Å². The molecular weight excluding hydrogens is 372 g/mol. The van der Waals surface area contributed by atoms with Crippen LogP contribution in [-0.4, -0.2) is 30.5 Å². The third kappa shape index (κ3) is 2.60. The SMILES string of the molecule is CC(=O)C1=C(C)Oc2ncn3nc(-c4ccccc4O)nc3c2[C@H]1c1ccco1. The van der Waals surface area contributed by atoms with Gasteiger partial charge in [0.25, 0.3) is 0 Å². The maximum Gasteiger partial charge on any atom is 0.228 e.